The zero-order chi connectivity index (χ0) is 22.6. The zero-order valence-corrected chi connectivity index (χ0v) is 22.3. The van der Waals surface area contributed by atoms with Crippen LogP contribution in [0.4, 0.5) is 5.69 Å². The molecule has 0 bridgehead atoms. The Morgan fingerprint density at radius 2 is 1.54 bits per heavy atom. The minimum Gasteiger partial charge on any atom is -0.371 e. The number of rotatable bonds is 6. The number of pyridine rings is 1. The van der Waals surface area contributed by atoms with Gasteiger partial charge in [-0.1, -0.05) is 72.3 Å². The molecule has 1 aromatic heterocycles. The van der Waals surface area contributed by atoms with Gasteiger partial charge in [0, 0.05) is 54.4 Å². The van der Waals surface area contributed by atoms with Gasteiger partial charge in [0.2, 0.25) is 0 Å². The molecule has 0 atom stereocenters. The molecule has 184 valence electrons. The third-order valence-electron chi connectivity index (χ3n) is 6.86. The first-order valence-electron chi connectivity index (χ1n) is 11.8. The highest BCUT2D eigenvalue weighted by Gasteiger charge is 2.24. The maximum absolute atomic E-state index is 6.33. The van der Waals surface area contributed by atoms with E-state index in [-0.39, 0.29) is 24.8 Å². The molecule has 1 aliphatic rings. The van der Waals surface area contributed by atoms with Gasteiger partial charge >= 0.3 is 0 Å². The predicted molar refractivity (Wildman–Crippen MR) is 155 cm³/mol. The molecular formula is C29H32Cl3N3. The third kappa shape index (κ3) is 6.48. The van der Waals surface area contributed by atoms with Crippen LogP contribution in [0.3, 0.4) is 0 Å². The lowest BCUT2D eigenvalue weighted by Crippen LogP contribution is -2.44. The topological polar surface area (TPSA) is 19.4 Å². The van der Waals surface area contributed by atoms with Crippen LogP contribution < -0.4 is 4.90 Å². The van der Waals surface area contributed by atoms with E-state index in [1.165, 1.54) is 24.1 Å². The van der Waals surface area contributed by atoms with Crippen molar-refractivity contribution in [3.05, 3.63) is 95.5 Å². The molecular weight excluding hydrogens is 497 g/mol. The molecule has 0 unspecified atom stereocenters. The van der Waals surface area contributed by atoms with Crippen molar-refractivity contribution in [3.63, 3.8) is 0 Å². The number of anilines is 1. The summed E-state index contributed by atoms with van der Waals surface area (Å²) in [6, 6.07) is 30.0. The van der Waals surface area contributed by atoms with Crippen LogP contribution in [0.25, 0.3) is 22.2 Å². The number of halogens is 3. The molecule has 0 amide bonds. The molecule has 0 aliphatic carbocycles. The third-order valence-corrected chi connectivity index (χ3v) is 7.10. The summed E-state index contributed by atoms with van der Waals surface area (Å²) in [5.74, 6) is 0. The van der Waals surface area contributed by atoms with Crippen molar-refractivity contribution in [2.75, 3.05) is 31.6 Å². The monoisotopic (exact) mass is 527 g/mol. The molecule has 35 heavy (non-hydrogen) atoms. The fourth-order valence-electron chi connectivity index (χ4n) is 4.89. The van der Waals surface area contributed by atoms with Crippen LogP contribution in [0, 0.1) is 0 Å². The Kier molecular flexibility index (Phi) is 9.82. The van der Waals surface area contributed by atoms with Crippen LogP contribution in [0.5, 0.6) is 0 Å². The zero-order valence-electron chi connectivity index (χ0n) is 19.9. The minimum absolute atomic E-state index is 0. The lowest BCUT2D eigenvalue weighted by Gasteiger charge is -2.38. The van der Waals surface area contributed by atoms with Crippen LogP contribution in [0.1, 0.15) is 18.4 Å². The van der Waals surface area contributed by atoms with Gasteiger partial charge in [-0.25, -0.2) is 4.98 Å². The molecule has 3 nitrogen and oxygen atoms in total. The highest BCUT2D eigenvalue weighted by Crippen LogP contribution is 2.34. The summed E-state index contributed by atoms with van der Waals surface area (Å²) in [5.41, 5.74) is 5.73. The maximum atomic E-state index is 6.33. The SMILES string of the molecule is CN(c1cc(-c2ccccc2)nc2cc(Cl)ccc12)C1CCN(CCc2ccccc2)CC1.Cl.Cl. The maximum Gasteiger partial charge on any atom is 0.0745 e. The summed E-state index contributed by atoms with van der Waals surface area (Å²) >= 11 is 6.33. The Hall–Kier alpha value is -2.30. The molecule has 5 rings (SSSR count). The number of benzene rings is 3. The lowest BCUT2D eigenvalue weighted by atomic mass is 10.0. The minimum atomic E-state index is 0. The largest absolute Gasteiger partial charge is 0.371 e. The van der Waals surface area contributed by atoms with Crippen LogP contribution in [-0.2, 0) is 6.42 Å². The summed E-state index contributed by atoms with van der Waals surface area (Å²) in [5, 5.41) is 1.88. The summed E-state index contributed by atoms with van der Waals surface area (Å²) in [6.45, 7) is 3.42. The van der Waals surface area contributed by atoms with Crippen molar-refractivity contribution in [3.8, 4) is 11.3 Å². The van der Waals surface area contributed by atoms with Gasteiger partial charge in [0.1, 0.15) is 0 Å². The normalized spacial score (nSPS) is 14.2. The van der Waals surface area contributed by atoms with Gasteiger partial charge in [-0.15, -0.1) is 24.8 Å². The highest BCUT2D eigenvalue weighted by atomic mass is 35.5. The van der Waals surface area contributed by atoms with Gasteiger partial charge in [-0.2, -0.15) is 0 Å². The van der Waals surface area contributed by atoms with Crippen LogP contribution >= 0.6 is 36.4 Å². The lowest BCUT2D eigenvalue weighted by molar-refractivity contribution is 0.213. The van der Waals surface area contributed by atoms with Gasteiger partial charge in [0.15, 0.2) is 0 Å². The summed E-state index contributed by atoms with van der Waals surface area (Å²) < 4.78 is 0. The molecule has 4 aromatic rings. The van der Waals surface area contributed by atoms with E-state index in [4.69, 9.17) is 16.6 Å². The van der Waals surface area contributed by atoms with Gasteiger partial charge < -0.3 is 9.80 Å². The van der Waals surface area contributed by atoms with Crippen molar-refractivity contribution in [2.24, 2.45) is 0 Å². The number of aromatic nitrogens is 1. The molecule has 0 N–H and O–H groups in total. The average Bonchev–Trinajstić information content (AvgIpc) is 2.87. The van der Waals surface area contributed by atoms with Crippen molar-refractivity contribution in [2.45, 2.75) is 25.3 Å². The van der Waals surface area contributed by atoms with Crippen LogP contribution in [-0.4, -0.2) is 42.6 Å². The van der Waals surface area contributed by atoms with Gasteiger partial charge in [0.05, 0.1) is 11.2 Å². The van der Waals surface area contributed by atoms with E-state index in [0.29, 0.717) is 6.04 Å². The molecule has 1 aliphatic heterocycles. The number of hydrogen-bond acceptors (Lipinski definition) is 3. The average molecular weight is 529 g/mol. The van der Waals surface area contributed by atoms with Gasteiger partial charge in [-0.05, 0) is 49.1 Å². The second kappa shape index (κ2) is 12.6. The Morgan fingerprint density at radius 1 is 0.886 bits per heavy atom. The highest BCUT2D eigenvalue weighted by molar-refractivity contribution is 6.31. The quantitative estimate of drug-likeness (QED) is 0.258. The first-order valence-corrected chi connectivity index (χ1v) is 12.2. The van der Waals surface area contributed by atoms with E-state index in [1.54, 1.807) is 0 Å². The fraction of sp³-hybridized carbons (Fsp3) is 0.276. The first-order chi connectivity index (χ1) is 16.2. The van der Waals surface area contributed by atoms with Crippen LogP contribution in [0.2, 0.25) is 5.02 Å². The Morgan fingerprint density at radius 3 is 2.23 bits per heavy atom. The molecule has 0 radical (unpaired) electrons. The second-order valence-electron chi connectivity index (χ2n) is 8.97. The molecule has 3 aromatic carbocycles. The van der Waals surface area contributed by atoms with Crippen molar-refractivity contribution >= 4 is 53.0 Å². The van der Waals surface area contributed by atoms with Crippen molar-refractivity contribution in [1.29, 1.82) is 0 Å². The van der Waals surface area contributed by atoms with Gasteiger partial charge in [-0.3, -0.25) is 0 Å². The molecule has 1 saturated heterocycles. The van der Waals surface area contributed by atoms with Crippen LogP contribution in [0.15, 0.2) is 84.9 Å². The Balaban J connectivity index is 0.00000171. The molecule has 0 saturated carbocycles. The van der Waals surface area contributed by atoms with E-state index in [1.807, 2.05) is 18.2 Å². The van der Waals surface area contributed by atoms with E-state index < -0.39 is 0 Å². The van der Waals surface area contributed by atoms with E-state index in [2.05, 4.69) is 83.6 Å². The number of hydrogen-bond donors (Lipinski definition) is 0. The van der Waals surface area contributed by atoms with Crippen molar-refractivity contribution < 1.29 is 0 Å². The summed E-state index contributed by atoms with van der Waals surface area (Å²) in [4.78, 5) is 10.0. The second-order valence-corrected chi connectivity index (χ2v) is 9.41. The summed E-state index contributed by atoms with van der Waals surface area (Å²) in [6.07, 6.45) is 3.46. The van der Waals surface area contributed by atoms with E-state index in [0.717, 1.165) is 53.2 Å². The molecule has 0 spiro atoms. The van der Waals surface area contributed by atoms with E-state index >= 15 is 0 Å². The summed E-state index contributed by atoms with van der Waals surface area (Å²) in [7, 11) is 2.24. The number of fused-ring (bicyclic) bond motifs is 1. The smallest absolute Gasteiger partial charge is 0.0745 e. The van der Waals surface area contributed by atoms with Crippen molar-refractivity contribution in [1.82, 2.24) is 9.88 Å². The predicted octanol–water partition coefficient (Wildman–Crippen LogP) is 7.54. The number of nitrogens with zero attached hydrogens (tertiary/aromatic N) is 3. The molecule has 6 heteroatoms. The number of piperidine rings is 1. The molecule has 1 fully saturated rings. The standard InChI is InChI=1S/C29H30ClN3.2ClH/c1-32(25-15-18-33(19-16-25)17-14-22-8-4-2-5-9-22)29-21-27(23-10-6-3-7-11-23)31-28-20-24(30)12-13-26(28)29;;/h2-13,20-21,25H,14-19H2,1H3;2*1H. The Labute approximate surface area is 225 Å². The molecule has 2 heterocycles. The number of likely N-dealkylation sites (tertiary alicyclic amines) is 1. The first kappa shape index (κ1) is 27.3. The van der Waals surface area contributed by atoms with E-state index in [9.17, 15) is 0 Å². The van der Waals surface area contributed by atoms with Gasteiger partial charge in [0.25, 0.3) is 0 Å². The Bertz CT molecular complexity index is 1210. The fourth-order valence-corrected chi connectivity index (χ4v) is 5.06.